The molecule has 0 spiro atoms. The average molecular weight is 724 g/mol. The van der Waals surface area contributed by atoms with Gasteiger partial charge in [-0.15, -0.1) is 13.2 Å². The van der Waals surface area contributed by atoms with E-state index in [4.69, 9.17) is 24.1 Å². The van der Waals surface area contributed by atoms with E-state index in [9.17, 15) is 14.4 Å². The van der Waals surface area contributed by atoms with Gasteiger partial charge in [0.2, 0.25) is 0 Å². The van der Waals surface area contributed by atoms with Crippen LogP contribution in [0.5, 0.6) is 5.75 Å². The van der Waals surface area contributed by atoms with Crippen LogP contribution in [0.4, 0.5) is 0 Å². The molecule has 0 saturated heterocycles. The zero-order chi connectivity index (χ0) is 29.8. The minimum Gasteiger partial charge on any atom is -0.499 e. The second-order valence-corrected chi connectivity index (χ2v) is 7.75. The number of aliphatic hydroxyl groups excluding tert-OH is 1. The summed E-state index contributed by atoms with van der Waals surface area (Å²) in [6.07, 6.45) is 0.787. The molecule has 1 N–H and O–H groups in total. The van der Waals surface area contributed by atoms with Gasteiger partial charge in [0, 0.05) is 46.1 Å². The van der Waals surface area contributed by atoms with Gasteiger partial charge in [0.15, 0.2) is 0 Å². The smallest absolute Gasteiger partial charge is 0.338 e. The van der Waals surface area contributed by atoms with Crippen molar-refractivity contribution in [3.8, 4) is 16.9 Å². The van der Waals surface area contributed by atoms with Gasteiger partial charge in [0.1, 0.15) is 5.75 Å². The normalized spacial score (nSPS) is 9.22. The summed E-state index contributed by atoms with van der Waals surface area (Å²) in [5.74, 6) is -0.856. The Bertz CT molecular complexity index is 1090. The molecule has 9 heteroatoms. The van der Waals surface area contributed by atoms with Crippen molar-refractivity contribution < 1.29 is 59.5 Å². The average Bonchev–Trinajstić information content (AvgIpc) is 2.95. The van der Waals surface area contributed by atoms with Crippen molar-refractivity contribution in [3.05, 3.63) is 91.2 Å². The number of benzene rings is 2. The molecule has 40 heavy (non-hydrogen) atoms. The molecule has 0 aliphatic rings. The molecule has 8 nitrogen and oxygen atoms in total. The number of rotatable bonds is 13. The van der Waals surface area contributed by atoms with E-state index in [1.165, 1.54) is 6.07 Å². The van der Waals surface area contributed by atoms with E-state index in [2.05, 4.69) is 26.3 Å². The standard InChI is InChI=1S/C27H30O8.C2H6.C2H4.W/c1-18(2)25(29)35-24-9-7-20(8-10-24)21-15-22(26(30)33-12-5-11-28)17-23(16-21)27(31)34-14-6-13-32-19(3)4;2*1-2;/h7-10,15-17,28H,1,3,5-6,11-14H2,2,4H3;1-2H3;1-2H2;. The van der Waals surface area contributed by atoms with Gasteiger partial charge in [0.25, 0.3) is 0 Å². The first-order valence-corrected chi connectivity index (χ1v) is 12.6. The molecule has 0 atom stereocenters. The molecular formula is C31H40O8W. The number of esters is 3. The van der Waals surface area contributed by atoms with E-state index in [1.807, 2.05) is 13.8 Å². The maximum atomic E-state index is 12.7. The molecular weight excluding hydrogens is 684 g/mol. The number of carbonyl (C=O) groups is 3. The van der Waals surface area contributed by atoms with E-state index in [0.717, 1.165) is 0 Å². The number of hydrogen-bond acceptors (Lipinski definition) is 8. The molecule has 0 unspecified atom stereocenters. The number of carbonyl (C=O) groups excluding carboxylic acids is 3. The van der Waals surface area contributed by atoms with E-state index < -0.39 is 17.9 Å². The third kappa shape index (κ3) is 14.6. The Hall–Kier alpha value is -3.48. The van der Waals surface area contributed by atoms with Gasteiger partial charge in [0.05, 0.1) is 36.7 Å². The van der Waals surface area contributed by atoms with Crippen LogP contribution in [-0.2, 0) is 40.1 Å². The van der Waals surface area contributed by atoms with Gasteiger partial charge in [-0.25, -0.2) is 14.4 Å². The molecule has 218 valence electrons. The van der Waals surface area contributed by atoms with Crippen LogP contribution in [0.15, 0.2) is 80.1 Å². The van der Waals surface area contributed by atoms with Crippen molar-refractivity contribution in [1.82, 2.24) is 0 Å². The van der Waals surface area contributed by atoms with E-state index >= 15 is 0 Å². The van der Waals surface area contributed by atoms with Crippen LogP contribution in [0.2, 0.25) is 0 Å². The van der Waals surface area contributed by atoms with Crippen molar-refractivity contribution >= 4 is 17.9 Å². The summed E-state index contributed by atoms with van der Waals surface area (Å²) < 4.78 is 20.9. The van der Waals surface area contributed by atoms with Crippen LogP contribution in [0.1, 0.15) is 61.3 Å². The van der Waals surface area contributed by atoms with Crippen molar-refractivity contribution in [2.24, 2.45) is 0 Å². The zero-order valence-corrected chi connectivity index (χ0v) is 26.8. The number of ether oxygens (including phenoxy) is 4. The molecule has 0 fully saturated rings. The second-order valence-electron chi connectivity index (χ2n) is 7.75. The summed E-state index contributed by atoms with van der Waals surface area (Å²) in [5, 5.41) is 8.92. The quantitative estimate of drug-likeness (QED) is 0.0641. The summed E-state index contributed by atoms with van der Waals surface area (Å²) >= 11 is 0. The van der Waals surface area contributed by atoms with Crippen LogP contribution in [0.3, 0.4) is 0 Å². The summed E-state index contributed by atoms with van der Waals surface area (Å²) in [4.78, 5) is 36.9. The van der Waals surface area contributed by atoms with Crippen LogP contribution >= 0.6 is 0 Å². The van der Waals surface area contributed by atoms with Gasteiger partial charge in [-0.05, 0) is 55.3 Å². The molecule has 2 rings (SSSR count). The zero-order valence-electron chi connectivity index (χ0n) is 23.8. The van der Waals surface area contributed by atoms with Crippen molar-refractivity contribution in [2.45, 2.75) is 40.5 Å². The van der Waals surface area contributed by atoms with Gasteiger partial charge in [-0.3, -0.25) is 0 Å². The molecule has 0 aliphatic carbocycles. The first kappa shape index (κ1) is 38.7. The predicted octanol–water partition coefficient (Wildman–Crippen LogP) is 6.30. The van der Waals surface area contributed by atoms with Crippen molar-refractivity contribution in [1.29, 1.82) is 0 Å². The number of aliphatic hydroxyl groups is 1. The molecule has 0 aliphatic heterocycles. The largest absolute Gasteiger partial charge is 0.499 e. The molecule has 0 aromatic heterocycles. The maximum Gasteiger partial charge on any atom is 0.338 e. The van der Waals surface area contributed by atoms with Gasteiger partial charge >= 0.3 is 17.9 Å². The minimum atomic E-state index is -0.629. The summed E-state index contributed by atoms with van der Waals surface area (Å²) in [5.41, 5.74) is 1.85. The Labute approximate surface area is 251 Å². The Balaban J connectivity index is 0. The second kappa shape index (κ2) is 22.3. The molecule has 0 saturated carbocycles. The van der Waals surface area contributed by atoms with Crippen LogP contribution in [0.25, 0.3) is 11.1 Å². The minimum absolute atomic E-state index is 0. The maximum absolute atomic E-state index is 12.7. The van der Waals surface area contributed by atoms with Crippen molar-refractivity contribution in [2.75, 3.05) is 26.4 Å². The van der Waals surface area contributed by atoms with Crippen LogP contribution in [0, 0.1) is 0 Å². The van der Waals surface area contributed by atoms with Crippen LogP contribution < -0.4 is 4.74 Å². The summed E-state index contributed by atoms with van der Waals surface area (Å²) in [6.45, 7) is 20.9. The molecule has 0 radical (unpaired) electrons. The number of hydrogen-bond donors (Lipinski definition) is 1. The van der Waals surface area contributed by atoms with Crippen LogP contribution in [-0.4, -0.2) is 49.4 Å². The fourth-order valence-electron chi connectivity index (χ4n) is 2.81. The Morgan fingerprint density at radius 2 is 1.23 bits per heavy atom. The Kier molecular flexibility index (Phi) is 21.6. The van der Waals surface area contributed by atoms with Gasteiger partial charge in [-0.1, -0.05) is 39.1 Å². The van der Waals surface area contributed by atoms with E-state index in [0.29, 0.717) is 42.1 Å². The molecule has 0 heterocycles. The molecule has 0 amide bonds. The first-order valence-electron chi connectivity index (χ1n) is 12.6. The summed E-state index contributed by atoms with van der Waals surface area (Å²) in [7, 11) is 0. The number of allylic oxidation sites excluding steroid dienone is 1. The molecule has 2 aromatic carbocycles. The predicted molar refractivity (Wildman–Crippen MR) is 153 cm³/mol. The fraction of sp³-hybridized carbons (Fsp3) is 0.323. The third-order valence-corrected chi connectivity index (χ3v) is 4.56. The monoisotopic (exact) mass is 724 g/mol. The Morgan fingerprint density at radius 3 is 1.68 bits per heavy atom. The van der Waals surface area contributed by atoms with Gasteiger partial charge in [-0.2, -0.15) is 0 Å². The van der Waals surface area contributed by atoms with E-state index in [1.54, 1.807) is 50.2 Å². The third-order valence-electron chi connectivity index (χ3n) is 4.56. The van der Waals surface area contributed by atoms with E-state index in [-0.39, 0.29) is 57.6 Å². The van der Waals surface area contributed by atoms with Crippen molar-refractivity contribution in [3.63, 3.8) is 0 Å². The first-order chi connectivity index (χ1) is 18.7. The summed E-state index contributed by atoms with van der Waals surface area (Å²) in [6, 6.07) is 11.2. The fourth-order valence-corrected chi connectivity index (χ4v) is 2.81. The SMILES string of the molecule is C=C.C=C(C)OCCCOC(=O)c1cc(C(=O)OCCCO)cc(-c2ccc(OC(=O)C(=C)C)cc2)c1.CC.[W]. The Morgan fingerprint density at radius 1 is 0.750 bits per heavy atom. The topological polar surface area (TPSA) is 108 Å². The molecule has 2 aromatic rings. The van der Waals surface area contributed by atoms with Gasteiger partial charge < -0.3 is 24.1 Å². The molecule has 0 bridgehead atoms.